The fourth-order valence-corrected chi connectivity index (χ4v) is 2.10. The summed E-state index contributed by atoms with van der Waals surface area (Å²) < 4.78 is 18.4. The number of carbonyl (C=O) groups excluding carboxylic acids is 2. The summed E-state index contributed by atoms with van der Waals surface area (Å²) in [7, 11) is 0. The molecule has 0 spiro atoms. The summed E-state index contributed by atoms with van der Waals surface area (Å²) in [4.78, 5) is 27.8. The second-order valence-electron chi connectivity index (χ2n) is 6.24. The average Bonchev–Trinajstić information content (AvgIpc) is 3.09. The van der Waals surface area contributed by atoms with Gasteiger partial charge in [0.25, 0.3) is 0 Å². The Morgan fingerprint density at radius 1 is 1.30 bits per heavy atom. The molecule has 4 N–H and O–H groups in total. The summed E-state index contributed by atoms with van der Waals surface area (Å²) in [6.45, 7) is 5.08. The van der Waals surface area contributed by atoms with Crippen molar-refractivity contribution in [3.05, 3.63) is 36.0 Å². The quantitative estimate of drug-likeness (QED) is 0.649. The molecule has 0 radical (unpaired) electrons. The second kappa shape index (κ2) is 9.98. The van der Waals surface area contributed by atoms with E-state index < -0.39 is 29.7 Å². The zero-order chi connectivity index (χ0) is 19.3. The standard InChI is InChI=1S/C17H22FN5O3.ClH/c1-9(2)14(19)16(25)20-8-13(24)21-10(3)17-22-15(23-26-17)11-5-4-6-12(18)7-11;/h4-7,9-10,14H,8,19H2,1-3H3,(H,20,25)(H,21,24);1H/t10?,14-;/m0./s1. The average molecular weight is 400 g/mol. The van der Waals surface area contributed by atoms with Crippen LogP contribution >= 0.6 is 12.4 Å². The lowest BCUT2D eigenvalue weighted by Gasteiger charge is -2.15. The van der Waals surface area contributed by atoms with Crippen molar-refractivity contribution >= 4 is 24.2 Å². The Kier molecular flexibility index (Phi) is 8.32. The molecular weight excluding hydrogens is 377 g/mol. The van der Waals surface area contributed by atoms with Crippen molar-refractivity contribution < 1.29 is 18.5 Å². The molecule has 0 fully saturated rings. The molecule has 27 heavy (non-hydrogen) atoms. The van der Waals surface area contributed by atoms with E-state index in [-0.39, 0.29) is 36.6 Å². The lowest BCUT2D eigenvalue weighted by atomic mass is 10.1. The van der Waals surface area contributed by atoms with E-state index in [1.807, 2.05) is 13.8 Å². The minimum Gasteiger partial charge on any atom is -0.346 e. The molecule has 0 saturated heterocycles. The van der Waals surface area contributed by atoms with Crippen molar-refractivity contribution in [2.24, 2.45) is 11.7 Å². The number of halogens is 2. The number of hydrogen-bond donors (Lipinski definition) is 3. The Bertz CT molecular complexity index is 783. The van der Waals surface area contributed by atoms with Crippen LogP contribution in [0, 0.1) is 11.7 Å². The molecule has 1 heterocycles. The van der Waals surface area contributed by atoms with Crippen molar-refractivity contribution in [3.8, 4) is 11.4 Å². The Labute approximate surface area is 162 Å². The van der Waals surface area contributed by atoms with Gasteiger partial charge in [-0.2, -0.15) is 4.98 Å². The monoisotopic (exact) mass is 399 g/mol. The summed E-state index contributed by atoms with van der Waals surface area (Å²) >= 11 is 0. The maximum atomic E-state index is 13.3. The van der Waals surface area contributed by atoms with Crippen molar-refractivity contribution in [1.82, 2.24) is 20.8 Å². The van der Waals surface area contributed by atoms with Gasteiger partial charge in [-0.25, -0.2) is 4.39 Å². The number of carbonyl (C=O) groups is 2. The molecule has 10 heteroatoms. The van der Waals surface area contributed by atoms with Gasteiger partial charge in [0.1, 0.15) is 11.9 Å². The zero-order valence-electron chi connectivity index (χ0n) is 15.2. The Morgan fingerprint density at radius 3 is 2.63 bits per heavy atom. The van der Waals surface area contributed by atoms with E-state index in [1.165, 1.54) is 18.2 Å². The van der Waals surface area contributed by atoms with Crippen LogP contribution in [0.1, 0.15) is 32.7 Å². The van der Waals surface area contributed by atoms with E-state index in [4.69, 9.17) is 10.3 Å². The first-order valence-corrected chi connectivity index (χ1v) is 8.20. The molecule has 0 aliphatic carbocycles. The number of amides is 2. The molecule has 1 aromatic carbocycles. The second-order valence-corrected chi connectivity index (χ2v) is 6.24. The van der Waals surface area contributed by atoms with E-state index in [1.54, 1.807) is 13.0 Å². The van der Waals surface area contributed by atoms with Gasteiger partial charge in [0, 0.05) is 5.56 Å². The number of nitrogens with zero attached hydrogens (tertiary/aromatic N) is 2. The first kappa shape index (κ1) is 22.5. The van der Waals surface area contributed by atoms with Gasteiger partial charge in [0.2, 0.25) is 23.5 Å². The molecule has 2 rings (SSSR count). The molecule has 0 bridgehead atoms. The normalized spacial score (nSPS) is 12.8. The van der Waals surface area contributed by atoms with Crippen LogP contribution < -0.4 is 16.4 Å². The van der Waals surface area contributed by atoms with Gasteiger partial charge in [-0.15, -0.1) is 12.4 Å². The van der Waals surface area contributed by atoms with Crippen LogP contribution in [0.3, 0.4) is 0 Å². The van der Waals surface area contributed by atoms with Crippen molar-refractivity contribution in [3.63, 3.8) is 0 Å². The third-order valence-corrected chi connectivity index (χ3v) is 3.72. The van der Waals surface area contributed by atoms with E-state index in [0.29, 0.717) is 5.56 Å². The van der Waals surface area contributed by atoms with E-state index >= 15 is 0 Å². The maximum Gasteiger partial charge on any atom is 0.249 e. The fraction of sp³-hybridized carbons (Fsp3) is 0.412. The minimum atomic E-state index is -0.676. The Balaban J connectivity index is 0.00000364. The molecule has 2 amide bonds. The molecule has 0 aliphatic heterocycles. The minimum absolute atomic E-state index is 0. The molecule has 2 aromatic rings. The summed E-state index contributed by atoms with van der Waals surface area (Å²) in [6, 6.07) is 4.53. The fourth-order valence-electron chi connectivity index (χ4n) is 2.10. The van der Waals surface area contributed by atoms with Crippen LogP contribution in [0.5, 0.6) is 0 Å². The van der Waals surface area contributed by atoms with Crippen LogP contribution in [-0.2, 0) is 9.59 Å². The van der Waals surface area contributed by atoms with Gasteiger partial charge >= 0.3 is 0 Å². The number of benzene rings is 1. The largest absolute Gasteiger partial charge is 0.346 e. The van der Waals surface area contributed by atoms with Crippen molar-refractivity contribution in [2.45, 2.75) is 32.9 Å². The van der Waals surface area contributed by atoms with Gasteiger partial charge in [-0.1, -0.05) is 31.1 Å². The summed E-state index contributed by atoms with van der Waals surface area (Å²) in [5.74, 6) is -0.872. The highest BCUT2D eigenvalue weighted by Gasteiger charge is 2.20. The molecule has 1 aromatic heterocycles. The van der Waals surface area contributed by atoms with Gasteiger partial charge in [0.15, 0.2) is 0 Å². The van der Waals surface area contributed by atoms with Gasteiger partial charge in [-0.3, -0.25) is 9.59 Å². The lowest BCUT2D eigenvalue weighted by molar-refractivity contribution is -0.127. The molecule has 8 nitrogen and oxygen atoms in total. The number of nitrogens with two attached hydrogens (primary N) is 1. The molecule has 148 valence electrons. The van der Waals surface area contributed by atoms with Gasteiger partial charge < -0.3 is 20.9 Å². The van der Waals surface area contributed by atoms with Crippen LogP contribution in [0.4, 0.5) is 4.39 Å². The molecule has 2 atom stereocenters. The predicted molar refractivity (Wildman–Crippen MR) is 99.3 cm³/mol. The van der Waals surface area contributed by atoms with E-state index in [9.17, 15) is 14.0 Å². The highest BCUT2D eigenvalue weighted by atomic mass is 35.5. The smallest absolute Gasteiger partial charge is 0.249 e. The molecular formula is C17H23ClFN5O3. The predicted octanol–water partition coefficient (Wildman–Crippen LogP) is 1.57. The number of hydrogen-bond acceptors (Lipinski definition) is 6. The van der Waals surface area contributed by atoms with Crippen LogP contribution in [0.25, 0.3) is 11.4 Å². The third kappa shape index (κ3) is 6.30. The maximum absolute atomic E-state index is 13.3. The highest BCUT2D eigenvalue weighted by molar-refractivity contribution is 5.87. The number of nitrogens with one attached hydrogen (secondary N) is 2. The van der Waals surface area contributed by atoms with Gasteiger partial charge in [0.05, 0.1) is 12.6 Å². The van der Waals surface area contributed by atoms with Crippen LogP contribution in [-0.4, -0.2) is 34.5 Å². The zero-order valence-corrected chi connectivity index (χ0v) is 16.0. The third-order valence-electron chi connectivity index (χ3n) is 3.72. The van der Waals surface area contributed by atoms with Crippen LogP contribution in [0.2, 0.25) is 0 Å². The summed E-state index contributed by atoms with van der Waals surface area (Å²) in [5, 5.41) is 8.89. The Morgan fingerprint density at radius 2 is 2.00 bits per heavy atom. The molecule has 1 unspecified atom stereocenters. The highest BCUT2D eigenvalue weighted by Crippen LogP contribution is 2.19. The lowest BCUT2D eigenvalue weighted by Crippen LogP contribution is -2.47. The first-order chi connectivity index (χ1) is 12.3. The van der Waals surface area contributed by atoms with E-state index in [0.717, 1.165) is 0 Å². The van der Waals surface area contributed by atoms with E-state index in [2.05, 4.69) is 20.8 Å². The van der Waals surface area contributed by atoms with Crippen molar-refractivity contribution in [2.75, 3.05) is 6.54 Å². The van der Waals surface area contributed by atoms with Gasteiger partial charge in [-0.05, 0) is 25.0 Å². The van der Waals surface area contributed by atoms with Crippen LogP contribution in [0.15, 0.2) is 28.8 Å². The number of rotatable bonds is 7. The molecule has 0 aliphatic rings. The first-order valence-electron chi connectivity index (χ1n) is 8.20. The number of aromatic nitrogens is 2. The topological polar surface area (TPSA) is 123 Å². The Hall–Kier alpha value is -2.52. The summed E-state index contributed by atoms with van der Waals surface area (Å²) in [5.41, 5.74) is 6.17. The molecule has 0 saturated carbocycles. The van der Waals surface area contributed by atoms with Crippen molar-refractivity contribution in [1.29, 1.82) is 0 Å². The SMILES string of the molecule is CC(NC(=O)CNC(=O)[C@@H](N)C(C)C)c1nc(-c2cccc(F)c2)no1.Cl. The summed E-state index contributed by atoms with van der Waals surface area (Å²) in [6.07, 6.45) is 0.